The van der Waals surface area contributed by atoms with Crippen LogP contribution < -0.4 is 0 Å². The van der Waals surface area contributed by atoms with Gasteiger partial charge in [0.15, 0.2) is 5.82 Å². The van der Waals surface area contributed by atoms with Crippen LogP contribution in [0.25, 0.3) is 0 Å². The summed E-state index contributed by atoms with van der Waals surface area (Å²) in [4.78, 5) is 14.6. The van der Waals surface area contributed by atoms with E-state index < -0.39 is 5.97 Å². The molecule has 1 aromatic rings. The summed E-state index contributed by atoms with van der Waals surface area (Å²) in [6.07, 6.45) is 6.60. The fraction of sp³-hybridized carbons (Fsp3) is 0.700. The van der Waals surface area contributed by atoms with Gasteiger partial charge in [0, 0.05) is 5.92 Å². The molecule has 0 aromatic carbocycles. The Labute approximate surface area is 88.1 Å². The van der Waals surface area contributed by atoms with Crippen LogP contribution in [-0.2, 0) is 11.3 Å². The van der Waals surface area contributed by atoms with E-state index in [2.05, 4.69) is 10.1 Å². The number of carboxylic acid groups (broad SMARTS) is 1. The van der Waals surface area contributed by atoms with E-state index in [-0.39, 0.29) is 6.42 Å². The van der Waals surface area contributed by atoms with Gasteiger partial charge in [0.1, 0.15) is 6.33 Å². The van der Waals surface area contributed by atoms with Crippen molar-refractivity contribution < 1.29 is 9.90 Å². The molecule has 1 aromatic heterocycles. The van der Waals surface area contributed by atoms with Crippen molar-refractivity contribution in [2.24, 2.45) is 0 Å². The maximum Gasteiger partial charge on any atom is 0.305 e. The molecule has 1 saturated carbocycles. The molecule has 0 atom stereocenters. The predicted molar refractivity (Wildman–Crippen MR) is 53.5 cm³/mol. The number of hydrogen-bond acceptors (Lipinski definition) is 3. The third-order valence-electron chi connectivity index (χ3n) is 2.83. The van der Waals surface area contributed by atoms with E-state index in [0.29, 0.717) is 12.5 Å². The summed E-state index contributed by atoms with van der Waals surface area (Å²) in [6.45, 7) is 0.412. The van der Waals surface area contributed by atoms with E-state index in [1.807, 2.05) is 0 Å². The highest BCUT2D eigenvalue weighted by molar-refractivity contribution is 5.66. The number of aryl methyl sites for hydroxylation is 1. The molecule has 82 valence electrons. The van der Waals surface area contributed by atoms with Crippen LogP contribution in [0.5, 0.6) is 0 Å². The van der Waals surface area contributed by atoms with E-state index in [4.69, 9.17) is 5.11 Å². The van der Waals surface area contributed by atoms with E-state index in [1.165, 1.54) is 25.7 Å². The van der Waals surface area contributed by atoms with Crippen LogP contribution in [0.15, 0.2) is 6.33 Å². The number of carbonyl (C=O) groups is 1. The summed E-state index contributed by atoms with van der Waals surface area (Å²) >= 11 is 0. The highest BCUT2D eigenvalue weighted by Crippen LogP contribution is 2.31. The largest absolute Gasteiger partial charge is 0.481 e. The first-order chi connectivity index (χ1) is 7.25. The van der Waals surface area contributed by atoms with Crippen LogP contribution in [0.4, 0.5) is 0 Å². The van der Waals surface area contributed by atoms with Crippen molar-refractivity contribution in [3.63, 3.8) is 0 Å². The summed E-state index contributed by atoms with van der Waals surface area (Å²) in [5, 5.41) is 12.8. The predicted octanol–water partition coefficient (Wildman–Crippen LogP) is 1.41. The van der Waals surface area contributed by atoms with Gasteiger partial charge in [-0.25, -0.2) is 4.98 Å². The molecule has 0 radical (unpaired) electrons. The normalized spacial score (nSPS) is 17.1. The summed E-state index contributed by atoms with van der Waals surface area (Å²) in [5.74, 6) is 0.585. The van der Waals surface area contributed by atoms with Crippen molar-refractivity contribution in [1.82, 2.24) is 14.8 Å². The third-order valence-corrected chi connectivity index (χ3v) is 2.83. The van der Waals surface area contributed by atoms with Crippen molar-refractivity contribution in [3.8, 4) is 0 Å². The van der Waals surface area contributed by atoms with Gasteiger partial charge in [0.05, 0.1) is 13.0 Å². The smallest absolute Gasteiger partial charge is 0.305 e. The van der Waals surface area contributed by atoms with Crippen molar-refractivity contribution in [2.45, 2.75) is 44.6 Å². The minimum atomic E-state index is -0.798. The second-order valence-electron chi connectivity index (χ2n) is 3.99. The summed E-state index contributed by atoms with van der Waals surface area (Å²) in [7, 11) is 0. The standard InChI is InChI=1S/C10H15N3O2/c14-9(15)5-6-13-7-11-10(12-13)8-3-1-2-4-8/h7-8H,1-6H2,(H,14,15). The monoisotopic (exact) mass is 209 g/mol. The maximum atomic E-state index is 10.4. The van der Waals surface area contributed by atoms with Gasteiger partial charge in [-0.15, -0.1) is 0 Å². The molecule has 0 saturated heterocycles. The lowest BCUT2D eigenvalue weighted by Crippen LogP contribution is -2.06. The van der Waals surface area contributed by atoms with E-state index in [1.54, 1.807) is 11.0 Å². The molecule has 2 rings (SSSR count). The topological polar surface area (TPSA) is 68.0 Å². The fourth-order valence-electron chi connectivity index (χ4n) is 2.00. The quantitative estimate of drug-likeness (QED) is 0.814. The Morgan fingerprint density at radius 3 is 2.93 bits per heavy atom. The van der Waals surface area contributed by atoms with Gasteiger partial charge < -0.3 is 5.11 Å². The second-order valence-corrected chi connectivity index (χ2v) is 3.99. The highest BCUT2D eigenvalue weighted by Gasteiger charge is 2.20. The zero-order valence-electron chi connectivity index (χ0n) is 8.59. The lowest BCUT2D eigenvalue weighted by Gasteiger charge is -2.01. The van der Waals surface area contributed by atoms with Crippen molar-refractivity contribution in [3.05, 3.63) is 12.2 Å². The van der Waals surface area contributed by atoms with Gasteiger partial charge >= 0.3 is 5.97 Å². The van der Waals surface area contributed by atoms with Crippen LogP contribution in [0, 0.1) is 0 Å². The van der Waals surface area contributed by atoms with Gasteiger partial charge in [0.25, 0.3) is 0 Å². The molecule has 1 aliphatic carbocycles. The number of nitrogens with zero attached hydrogens (tertiary/aromatic N) is 3. The molecule has 0 aliphatic heterocycles. The Hall–Kier alpha value is -1.39. The molecule has 5 heteroatoms. The average molecular weight is 209 g/mol. The zero-order chi connectivity index (χ0) is 10.7. The molecule has 5 nitrogen and oxygen atoms in total. The number of aliphatic carboxylic acids is 1. The number of rotatable bonds is 4. The van der Waals surface area contributed by atoms with Crippen LogP contribution in [0.1, 0.15) is 43.8 Å². The highest BCUT2D eigenvalue weighted by atomic mass is 16.4. The molecule has 1 fully saturated rings. The summed E-state index contributed by atoms with van der Waals surface area (Å²) in [5.41, 5.74) is 0. The number of aromatic nitrogens is 3. The molecule has 0 spiro atoms. The van der Waals surface area contributed by atoms with Crippen molar-refractivity contribution in [1.29, 1.82) is 0 Å². The average Bonchev–Trinajstić information content (AvgIpc) is 2.85. The molecule has 1 heterocycles. The Balaban J connectivity index is 1.94. The molecule has 15 heavy (non-hydrogen) atoms. The minimum Gasteiger partial charge on any atom is -0.481 e. The first-order valence-corrected chi connectivity index (χ1v) is 5.37. The molecule has 0 unspecified atom stereocenters. The van der Waals surface area contributed by atoms with E-state index in [0.717, 1.165) is 5.82 Å². The molecule has 0 amide bonds. The molecule has 1 aliphatic rings. The van der Waals surface area contributed by atoms with Crippen molar-refractivity contribution in [2.75, 3.05) is 0 Å². The Kier molecular flexibility index (Phi) is 2.99. The van der Waals surface area contributed by atoms with Gasteiger partial charge in [-0.2, -0.15) is 5.10 Å². The summed E-state index contributed by atoms with van der Waals surface area (Å²) < 4.78 is 1.63. The van der Waals surface area contributed by atoms with Crippen molar-refractivity contribution >= 4 is 5.97 Å². The van der Waals surface area contributed by atoms with Crippen LogP contribution in [-0.4, -0.2) is 25.8 Å². The Bertz CT molecular complexity index is 342. The first-order valence-electron chi connectivity index (χ1n) is 5.37. The SMILES string of the molecule is O=C(O)CCn1cnc(C2CCCC2)n1. The van der Waals surface area contributed by atoms with Gasteiger partial charge in [-0.3, -0.25) is 9.48 Å². The minimum absolute atomic E-state index is 0.105. The van der Waals surface area contributed by atoms with E-state index in [9.17, 15) is 4.79 Å². The fourth-order valence-corrected chi connectivity index (χ4v) is 2.00. The zero-order valence-corrected chi connectivity index (χ0v) is 8.59. The Morgan fingerprint density at radius 1 is 1.53 bits per heavy atom. The van der Waals surface area contributed by atoms with Crippen LogP contribution in [0.2, 0.25) is 0 Å². The first kappa shape index (κ1) is 10.1. The maximum absolute atomic E-state index is 10.4. The van der Waals surface area contributed by atoms with Crippen LogP contribution >= 0.6 is 0 Å². The molecule has 0 bridgehead atoms. The molecular formula is C10H15N3O2. The third kappa shape index (κ3) is 2.55. The van der Waals surface area contributed by atoms with E-state index >= 15 is 0 Å². The number of hydrogen-bond donors (Lipinski definition) is 1. The van der Waals surface area contributed by atoms with Crippen LogP contribution in [0.3, 0.4) is 0 Å². The lowest BCUT2D eigenvalue weighted by atomic mass is 10.1. The second kappa shape index (κ2) is 4.42. The van der Waals surface area contributed by atoms with Gasteiger partial charge in [-0.05, 0) is 12.8 Å². The van der Waals surface area contributed by atoms with Gasteiger partial charge in [-0.1, -0.05) is 12.8 Å². The molecule has 1 N–H and O–H groups in total. The summed E-state index contributed by atoms with van der Waals surface area (Å²) in [6, 6.07) is 0. The lowest BCUT2D eigenvalue weighted by molar-refractivity contribution is -0.137. The molecular weight excluding hydrogens is 194 g/mol. The Morgan fingerprint density at radius 2 is 2.27 bits per heavy atom. The van der Waals surface area contributed by atoms with Gasteiger partial charge in [0.2, 0.25) is 0 Å². The number of carboxylic acids is 1.